The summed E-state index contributed by atoms with van der Waals surface area (Å²) >= 11 is 13.0. The van der Waals surface area contributed by atoms with Crippen molar-refractivity contribution < 1.29 is 9.53 Å². The monoisotopic (exact) mass is 557 g/mol. The van der Waals surface area contributed by atoms with E-state index >= 15 is 0 Å². The van der Waals surface area contributed by atoms with E-state index in [2.05, 4.69) is 44.3 Å². The quantitative estimate of drug-likeness (QED) is 0.400. The number of nitrogens with zero attached hydrogens (tertiary/aromatic N) is 5. The number of hydrogen-bond donors (Lipinski definition) is 2. The average Bonchev–Trinajstić information content (AvgIpc) is 2.87. The van der Waals surface area contributed by atoms with Gasteiger partial charge in [0.2, 0.25) is 11.8 Å². The SMILES string of the molecule is CC(COc1nc(Nc2ccc(N3CCN(C)CC3)cc2)nc(-c2c(Cl)cccc2Cl)c1C(N)=O)N(C)C. The maximum absolute atomic E-state index is 12.6. The third-order valence-corrected chi connectivity index (χ3v) is 7.29. The van der Waals surface area contributed by atoms with E-state index in [4.69, 9.17) is 33.7 Å². The molecule has 3 aromatic rings. The summed E-state index contributed by atoms with van der Waals surface area (Å²) in [6, 6.07) is 13.2. The van der Waals surface area contributed by atoms with Crippen LogP contribution in [0.3, 0.4) is 0 Å². The molecular weight excluding hydrogens is 525 g/mol. The largest absolute Gasteiger partial charge is 0.475 e. The average molecular weight is 559 g/mol. The molecule has 0 aliphatic carbocycles. The Kier molecular flexibility index (Phi) is 8.94. The molecule has 202 valence electrons. The molecule has 1 atom stereocenters. The molecule has 1 aliphatic heterocycles. The van der Waals surface area contributed by atoms with Gasteiger partial charge in [-0.15, -0.1) is 0 Å². The Labute approximate surface area is 233 Å². The number of amides is 1. The first-order valence-corrected chi connectivity index (χ1v) is 13.2. The predicted octanol–water partition coefficient (Wildman–Crippen LogP) is 4.37. The number of carbonyl (C=O) groups is 1. The molecular formula is C27H33Cl2N7O2. The van der Waals surface area contributed by atoms with Crippen LogP contribution in [-0.2, 0) is 0 Å². The van der Waals surface area contributed by atoms with Crippen LogP contribution in [0.5, 0.6) is 5.88 Å². The van der Waals surface area contributed by atoms with Gasteiger partial charge in [0.25, 0.3) is 5.91 Å². The van der Waals surface area contributed by atoms with Gasteiger partial charge < -0.3 is 30.5 Å². The van der Waals surface area contributed by atoms with Crippen molar-refractivity contribution >= 4 is 46.4 Å². The number of halogens is 2. The highest BCUT2D eigenvalue weighted by Crippen LogP contribution is 2.38. The Morgan fingerprint density at radius 1 is 1.08 bits per heavy atom. The summed E-state index contributed by atoms with van der Waals surface area (Å²) in [5.74, 6) is -0.462. The van der Waals surface area contributed by atoms with Crippen LogP contribution in [0.15, 0.2) is 42.5 Å². The molecule has 1 unspecified atom stereocenters. The lowest BCUT2D eigenvalue weighted by atomic mass is 10.1. The molecule has 9 nitrogen and oxygen atoms in total. The van der Waals surface area contributed by atoms with Crippen molar-refractivity contribution in [1.29, 1.82) is 0 Å². The van der Waals surface area contributed by atoms with Crippen LogP contribution in [0.1, 0.15) is 17.3 Å². The first kappa shape index (κ1) is 27.9. The molecule has 0 radical (unpaired) electrons. The Hall–Kier alpha value is -3.11. The highest BCUT2D eigenvalue weighted by Gasteiger charge is 2.25. The van der Waals surface area contributed by atoms with Crippen molar-refractivity contribution in [1.82, 2.24) is 19.8 Å². The van der Waals surface area contributed by atoms with Gasteiger partial charge in [0.05, 0.1) is 15.7 Å². The van der Waals surface area contributed by atoms with Gasteiger partial charge in [-0.3, -0.25) is 4.79 Å². The minimum atomic E-state index is -0.744. The standard InChI is InChI=1S/C27H33Cl2N7O2/c1-17(34(2)3)16-38-26-23(25(30)37)24(22-20(28)6-5-7-21(22)29)32-27(33-26)31-18-8-10-19(11-9-18)36-14-12-35(4)13-15-36/h5-11,17H,12-16H2,1-4H3,(H2,30,37)(H,31,32,33). The van der Waals surface area contributed by atoms with Crippen molar-refractivity contribution in [3.63, 3.8) is 0 Å². The number of rotatable bonds is 9. The van der Waals surface area contributed by atoms with Crippen LogP contribution >= 0.6 is 23.2 Å². The molecule has 4 rings (SSSR count). The maximum atomic E-state index is 12.6. The summed E-state index contributed by atoms with van der Waals surface area (Å²) in [5, 5.41) is 3.88. The summed E-state index contributed by atoms with van der Waals surface area (Å²) in [4.78, 5) is 28.5. The van der Waals surface area contributed by atoms with Crippen LogP contribution in [0.4, 0.5) is 17.3 Å². The zero-order chi connectivity index (χ0) is 27.4. The number of benzene rings is 2. The maximum Gasteiger partial charge on any atom is 0.256 e. The van der Waals surface area contributed by atoms with Crippen LogP contribution in [-0.4, -0.2) is 85.6 Å². The van der Waals surface area contributed by atoms with Gasteiger partial charge in [0.1, 0.15) is 12.2 Å². The van der Waals surface area contributed by atoms with E-state index in [1.807, 2.05) is 38.1 Å². The highest BCUT2D eigenvalue weighted by atomic mass is 35.5. The minimum absolute atomic E-state index is 0.0157. The smallest absolute Gasteiger partial charge is 0.256 e. The van der Waals surface area contributed by atoms with Crippen molar-refractivity contribution in [3.05, 3.63) is 58.1 Å². The number of hydrogen-bond acceptors (Lipinski definition) is 8. The number of anilines is 3. The van der Waals surface area contributed by atoms with E-state index in [0.29, 0.717) is 15.6 Å². The molecule has 0 spiro atoms. The van der Waals surface area contributed by atoms with Crippen molar-refractivity contribution in [2.75, 3.05) is 64.1 Å². The molecule has 1 amide bonds. The fraction of sp³-hybridized carbons (Fsp3) is 0.370. The Balaban J connectivity index is 1.71. The molecule has 11 heteroatoms. The number of likely N-dealkylation sites (N-methyl/N-ethyl adjacent to an activating group) is 2. The first-order valence-electron chi connectivity index (χ1n) is 12.4. The Bertz CT molecular complexity index is 1260. The normalized spacial score (nSPS) is 15.0. The molecule has 2 aromatic carbocycles. The third-order valence-electron chi connectivity index (χ3n) is 6.66. The van der Waals surface area contributed by atoms with Crippen molar-refractivity contribution in [2.45, 2.75) is 13.0 Å². The van der Waals surface area contributed by atoms with Gasteiger partial charge >= 0.3 is 0 Å². The van der Waals surface area contributed by atoms with E-state index in [1.165, 1.54) is 0 Å². The summed E-state index contributed by atoms with van der Waals surface area (Å²) in [6.07, 6.45) is 0. The minimum Gasteiger partial charge on any atom is -0.475 e. The molecule has 2 heterocycles. The second kappa shape index (κ2) is 12.2. The first-order chi connectivity index (χ1) is 18.1. The zero-order valence-electron chi connectivity index (χ0n) is 22.0. The molecule has 1 aliphatic rings. The molecule has 1 fully saturated rings. The molecule has 1 saturated heterocycles. The third kappa shape index (κ3) is 6.47. The lowest BCUT2D eigenvalue weighted by Gasteiger charge is -2.34. The number of carbonyl (C=O) groups excluding carboxylic acids is 1. The van der Waals surface area contributed by atoms with Gasteiger partial charge in [-0.25, -0.2) is 4.98 Å². The lowest BCUT2D eigenvalue weighted by molar-refractivity contribution is 0.0993. The molecule has 0 saturated carbocycles. The van der Waals surface area contributed by atoms with Crippen LogP contribution in [0.25, 0.3) is 11.3 Å². The number of piperazine rings is 1. The topological polar surface area (TPSA) is 99.9 Å². The highest BCUT2D eigenvalue weighted by molar-refractivity contribution is 6.39. The van der Waals surface area contributed by atoms with Crippen LogP contribution in [0.2, 0.25) is 10.0 Å². The van der Waals surface area contributed by atoms with Crippen molar-refractivity contribution in [3.8, 4) is 17.1 Å². The zero-order valence-corrected chi connectivity index (χ0v) is 23.6. The molecule has 3 N–H and O–H groups in total. The number of primary amides is 1. The molecule has 38 heavy (non-hydrogen) atoms. The lowest BCUT2D eigenvalue weighted by Crippen LogP contribution is -2.44. The fourth-order valence-corrected chi connectivity index (χ4v) is 4.60. The fourth-order valence-electron chi connectivity index (χ4n) is 4.03. The van der Waals surface area contributed by atoms with Gasteiger partial charge in [-0.2, -0.15) is 4.98 Å². The van der Waals surface area contributed by atoms with Crippen LogP contribution in [0, 0.1) is 0 Å². The summed E-state index contributed by atoms with van der Waals surface area (Å²) < 4.78 is 6.02. The van der Waals surface area contributed by atoms with E-state index in [-0.39, 0.29) is 35.7 Å². The van der Waals surface area contributed by atoms with E-state index < -0.39 is 5.91 Å². The van der Waals surface area contributed by atoms with Gasteiger partial charge in [0.15, 0.2) is 0 Å². The molecule has 1 aromatic heterocycles. The van der Waals surface area contributed by atoms with Crippen molar-refractivity contribution in [2.24, 2.45) is 5.73 Å². The number of aromatic nitrogens is 2. The number of ether oxygens (including phenoxy) is 1. The number of nitrogens with one attached hydrogen (secondary N) is 1. The second-order valence-electron chi connectivity index (χ2n) is 9.62. The predicted molar refractivity (Wildman–Crippen MR) is 154 cm³/mol. The van der Waals surface area contributed by atoms with Gasteiger partial charge in [-0.1, -0.05) is 29.3 Å². The van der Waals surface area contributed by atoms with Gasteiger partial charge in [-0.05, 0) is 64.5 Å². The van der Waals surface area contributed by atoms with E-state index in [0.717, 1.165) is 37.6 Å². The van der Waals surface area contributed by atoms with Gasteiger partial charge in [0, 0.05) is 49.2 Å². The summed E-state index contributed by atoms with van der Waals surface area (Å²) in [7, 11) is 6.02. The summed E-state index contributed by atoms with van der Waals surface area (Å²) in [6.45, 7) is 6.30. The second-order valence-corrected chi connectivity index (χ2v) is 10.4. The van der Waals surface area contributed by atoms with Crippen LogP contribution < -0.4 is 20.7 Å². The number of nitrogens with two attached hydrogens (primary N) is 1. The van der Waals surface area contributed by atoms with E-state index in [9.17, 15) is 4.79 Å². The Morgan fingerprint density at radius 3 is 2.29 bits per heavy atom. The van der Waals surface area contributed by atoms with E-state index in [1.54, 1.807) is 18.2 Å². The Morgan fingerprint density at radius 2 is 1.71 bits per heavy atom. The summed E-state index contributed by atoms with van der Waals surface area (Å²) in [5.41, 5.74) is 8.32. The molecule has 0 bridgehead atoms.